The Morgan fingerprint density at radius 1 is 1.04 bits per heavy atom. The molecule has 1 aliphatic carbocycles. The topological polar surface area (TPSA) is 90.1 Å². The van der Waals surface area contributed by atoms with Crippen molar-refractivity contribution in [3.63, 3.8) is 0 Å². The number of carbonyl (C=O) groups excluding carboxylic acids is 2. The largest absolute Gasteiger partial charge is 0.377 e. The fourth-order valence-corrected chi connectivity index (χ4v) is 3.47. The van der Waals surface area contributed by atoms with Gasteiger partial charge in [0.1, 0.15) is 0 Å². The smallest absolute Gasteiger partial charge is 0.294 e. The maximum absolute atomic E-state index is 13.0. The summed E-state index contributed by atoms with van der Waals surface area (Å²) < 4.78 is 1.85. The van der Waals surface area contributed by atoms with E-state index in [0.29, 0.717) is 36.3 Å². The molecule has 1 heterocycles. The second kappa shape index (κ2) is 7.22. The minimum absolute atomic E-state index is 0.0477. The van der Waals surface area contributed by atoms with Crippen molar-refractivity contribution >= 4 is 17.5 Å². The Bertz CT molecular complexity index is 1100. The predicted octanol–water partition coefficient (Wildman–Crippen LogP) is 2.44. The molecule has 0 saturated heterocycles. The van der Waals surface area contributed by atoms with Crippen molar-refractivity contribution in [3.05, 3.63) is 70.1 Å². The number of carbonyl (C=O) groups is 2. The third-order valence-electron chi connectivity index (χ3n) is 4.79. The van der Waals surface area contributed by atoms with E-state index in [2.05, 4.69) is 10.4 Å². The third-order valence-corrected chi connectivity index (χ3v) is 4.79. The van der Waals surface area contributed by atoms with Gasteiger partial charge in [-0.15, -0.1) is 4.68 Å². The lowest BCUT2D eigenvalue weighted by atomic mass is 10.1. The summed E-state index contributed by atoms with van der Waals surface area (Å²) in [5.74, 6) is 0.0477. The van der Waals surface area contributed by atoms with Crippen molar-refractivity contribution in [2.24, 2.45) is 0 Å². The number of Topliss-reactive ketones (excluding diaryl/α,β-unsaturated/α-hetero) is 1. The van der Waals surface area contributed by atoms with Crippen LogP contribution in [0.3, 0.4) is 0 Å². The van der Waals surface area contributed by atoms with Gasteiger partial charge in [0.15, 0.2) is 5.78 Å². The molecule has 0 atom stereocenters. The van der Waals surface area contributed by atoms with E-state index in [1.165, 1.54) is 4.90 Å². The molecule has 1 aromatic heterocycles. The number of nitrogens with zero attached hydrogens (tertiary/aromatic N) is 5. The minimum Gasteiger partial charge on any atom is -0.294 e. The highest BCUT2D eigenvalue weighted by Gasteiger charge is 2.26. The van der Waals surface area contributed by atoms with E-state index in [0.717, 1.165) is 21.3 Å². The molecule has 1 amide bonds. The molecule has 4 rings (SSSR count). The molecule has 0 bridgehead atoms. The van der Waals surface area contributed by atoms with Gasteiger partial charge >= 0.3 is 11.7 Å². The average molecular weight is 377 g/mol. The van der Waals surface area contributed by atoms with Crippen LogP contribution < -0.4 is 10.6 Å². The Hall–Kier alpha value is -3.55. The number of aromatic nitrogens is 4. The van der Waals surface area contributed by atoms with Gasteiger partial charge in [-0.1, -0.05) is 37.3 Å². The second-order valence-electron chi connectivity index (χ2n) is 6.58. The summed E-state index contributed by atoms with van der Waals surface area (Å²) in [6.07, 6.45) is 1.67. The normalized spacial score (nSPS) is 12.8. The van der Waals surface area contributed by atoms with E-state index in [1.807, 2.05) is 25.1 Å². The first-order chi connectivity index (χ1) is 13.6. The summed E-state index contributed by atoms with van der Waals surface area (Å²) in [5, 5.41) is 7.71. The summed E-state index contributed by atoms with van der Waals surface area (Å²) in [6, 6.07) is 13.7. The molecule has 0 radical (unpaired) electrons. The Morgan fingerprint density at radius 2 is 1.82 bits per heavy atom. The third kappa shape index (κ3) is 2.92. The molecule has 1 aliphatic rings. The van der Waals surface area contributed by atoms with E-state index < -0.39 is 11.7 Å². The Balaban J connectivity index is 1.74. The van der Waals surface area contributed by atoms with Crippen LogP contribution >= 0.6 is 0 Å². The zero-order chi connectivity index (χ0) is 19.7. The Kier molecular flexibility index (Phi) is 4.60. The van der Waals surface area contributed by atoms with Crippen molar-refractivity contribution in [1.82, 2.24) is 19.8 Å². The van der Waals surface area contributed by atoms with Gasteiger partial charge in [0.05, 0.1) is 5.69 Å². The maximum Gasteiger partial charge on any atom is 0.377 e. The molecule has 8 heteroatoms. The van der Waals surface area contributed by atoms with Crippen molar-refractivity contribution in [1.29, 1.82) is 0 Å². The van der Waals surface area contributed by atoms with E-state index in [4.69, 9.17) is 0 Å². The van der Waals surface area contributed by atoms with E-state index in [-0.39, 0.29) is 5.78 Å². The summed E-state index contributed by atoms with van der Waals surface area (Å²) in [7, 11) is 0. The van der Waals surface area contributed by atoms with Crippen molar-refractivity contribution in [2.75, 3.05) is 11.4 Å². The van der Waals surface area contributed by atoms with Crippen LogP contribution in [-0.4, -0.2) is 38.1 Å². The number of anilines is 1. The zero-order valence-electron chi connectivity index (χ0n) is 15.4. The van der Waals surface area contributed by atoms with Gasteiger partial charge in [0.25, 0.3) is 0 Å². The first-order valence-corrected chi connectivity index (χ1v) is 9.19. The van der Waals surface area contributed by atoms with Crippen LogP contribution in [0.1, 0.15) is 35.7 Å². The van der Waals surface area contributed by atoms with E-state index >= 15 is 0 Å². The van der Waals surface area contributed by atoms with Gasteiger partial charge in [-0.25, -0.2) is 9.59 Å². The number of hydrogen-bond acceptors (Lipinski definition) is 5. The number of rotatable bonds is 4. The van der Waals surface area contributed by atoms with Gasteiger partial charge < -0.3 is 0 Å². The lowest BCUT2D eigenvalue weighted by Crippen LogP contribution is -2.41. The van der Waals surface area contributed by atoms with Gasteiger partial charge in [-0.05, 0) is 47.0 Å². The molecule has 0 aliphatic heterocycles. The molecule has 0 spiro atoms. The molecule has 3 aromatic rings. The SMILES string of the molecule is CCCN(C(=O)n1nnn(-c2cccc3c2CCC3=O)c1=O)c1ccccc1. The fourth-order valence-electron chi connectivity index (χ4n) is 3.47. The lowest BCUT2D eigenvalue weighted by Gasteiger charge is -2.20. The average Bonchev–Trinajstić information content (AvgIpc) is 3.29. The van der Waals surface area contributed by atoms with Crippen molar-refractivity contribution in [3.8, 4) is 5.69 Å². The Labute approximate surface area is 161 Å². The summed E-state index contributed by atoms with van der Waals surface area (Å²) >= 11 is 0. The molecule has 0 N–H and O–H groups in total. The fraction of sp³-hybridized carbons (Fsp3) is 0.250. The second-order valence-corrected chi connectivity index (χ2v) is 6.58. The van der Waals surface area contributed by atoms with Gasteiger partial charge in [-0.2, -0.15) is 4.68 Å². The first-order valence-electron chi connectivity index (χ1n) is 9.19. The summed E-state index contributed by atoms with van der Waals surface area (Å²) in [6.45, 7) is 2.39. The van der Waals surface area contributed by atoms with Crippen LogP contribution in [0.2, 0.25) is 0 Å². The molecule has 28 heavy (non-hydrogen) atoms. The molecule has 8 nitrogen and oxygen atoms in total. The van der Waals surface area contributed by atoms with Crippen LogP contribution in [0.25, 0.3) is 5.69 Å². The molecular formula is C20H19N5O3. The number of ketones is 1. The van der Waals surface area contributed by atoms with Gasteiger partial charge in [-0.3, -0.25) is 9.69 Å². The lowest BCUT2D eigenvalue weighted by molar-refractivity contribution is 0.0994. The van der Waals surface area contributed by atoms with Crippen LogP contribution in [0.5, 0.6) is 0 Å². The van der Waals surface area contributed by atoms with Gasteiger partial charge in [0.2, 0.25) is 0 Å². The molecule has 0 unspecified atom stereocenters. The van der Waals surface area contributed by atoms with Gasteiger partial charge in [0, 0.05) is 24.2 Å². The van der Waals surface area contributed by atoms with Crippen LogP contribution in [0.15, 0.2) is 53.3 Å². The molecule has 0 fully saturated rings. The predicted molar refractivity (Wildman–Crippen MR) is 103 cm³/mol. The van der Waals surface area contributed by atoms with Crippen molar-refractivity contribution in [2.45, 2.75) is 26.2 Å². The van der Waals surface area contributed by atoms with Crippen molar-refractivity contribution < 1.29 is 9.59 Å². The van der Waals surface area contributed by atoms with Crippen LogP contribution in [0.4, 0.5) is 10.5 Å². The number of fused-ring (bicyclic) bond motifs is 1. The highest BCUT2D eigenvalue weighted by Crippen LogP contribution is 2.26. The summed E-state index contributed by atoms with van der Waals surface area (Å²) in [4.78, 5) is 39.4. The number of tetrazole rings is 1. The molecule has 0 saturated carbocycles. The minimum atomic E-state index is -0.658. The van der Waals surface area contributed by atoms with Crippen LogP contribution in [-0.2, 0) is 6.42 Å². The zero-order valence-corrected chi connectivity index (χ0v) is 15.4. The monoisotopic (exact) mass is 377 g/mol. The highest BCUT2D eigenvalue weighted by atomic mass is 16.2. The maximum atomic E-state index is 13.0. The quantitative estimate of drug-likeness (QED) is 0.652. The van der Waals surface area contributed by atoms with Crippen LogP contribution in [0, 0.1) is 0 Å². The first kappa shape index (κ1) is 17.8. The molecular weight excluding hydrogens is 358 g/mol. The Morgan fingerprint density at radius 3 is 2.57 bits per heavy atom. The van der Waals surface area contributed by atoms with E-state index in [9.17, 15) is 14.4 Å². The molecule has 142 valence electrons. The number of benzene rings is 2. The summed E-state index contributed by atoms with van der Waals surface area (Å²) in [5.41, 5.74) is 1.88. The standard InChI is InChI=1S/C20H19N5O3/c1-2-13-23(14-7-4-3-5-8-14)19(27)25-20(28)24(21-22-25)17-10-6-9-16-15(17)11-12-18(16)26/h3-10H,2,11-13H2,1H3. The molecule has 2 aromatic carbocycles. The number of para-hydroxylation sites is 1. The number of hydrogen-bond donors (Lipinski definition) is 0. The van der Waals surface area contributed by atoms with E-state index in [1.54, 1.807) is 30.3 Å². The number of amides is 1. The highest BCUT2D eigenvalue weighted by molar-refractivity contribution is 6.01.